The van der Waals surface area contributed by atoms with Crippen molar-refractivity contribution in [3.05, 3.63) is 81.9 Å². The lowest BCUT2D eigenvalue weighted by Gasteiger charge is -2.24. The van der Waals surface area contributed by atoms with Gasteiger partial charge < -0.3 is 9.84 Å². The molecule has 198 valence electrons. The smallest absolute Gasteiger partial charge is 0.304 e. The van der Waals surface area contributed by atoms with Gasteiger partial charge in [0.15, 0.2) is 0 Å². The largest absolute Gasteiger partial charge is 0.488 e. The first-order chi connectivity index (χ1) is 18.0. The second kappa shape index (κ2) is 10.0. The molecular formula is C27H27ClN4O5S. The summed E-state index contributed by atoms with van der Waals surface area (Å²) < 4.78 is 36.2. The van der Waals surface area contributed by atoms with E-state index in [2.05, 4.69) is 10.3 Å². The van der Waals surface area contributed by atoms with Crippen molar-refractivity contribution in [1.82, 2.24) is 19.3 Å². The van der Waals surface area contributed by atoms with Gasteiger partial charge >= 0.3 is 5.97 Å². The van der Waals surface area contributed by atoms with E-state index in [9.17, 15) is 18.3 Å². The van der Waals surface area contributed by atoms with Crippen LogP contribution in [0.5, 0.6) is 5.75 Å². The summed E-state index contributed by atoms with van der Waals surface area (Å²) in [5, 5.41) is 18.2. The van der Waals surface area contributed by atoms with Gasteiger partial charge in [-0.15, -0.1) is 5.10 Å². The van der Waals surface area contributed by atoms with Gasteiger partial charge in [-0.3, -0.25) is 4.79 Å². The average Bonchev–Trinajstić information content (AvgIpc) is 3.20. The van der Waals surface area contributed by atoms with Crippen molar-refractivity contribution in [3.63, 3.8) is 0 Å². The monoisotopic (exact) mass is 554 g/mol. The number of fused-ring (bicyclic) bond motifs is 2. The van der Waals surface area contributed by atoms with E-state index in [0.29, 0.717) is 10.5 Å². The van der Waals surface area contributed by atoms with Gasteiger partial charge in [0.05, 0.1) is 18.5 Å². The molecule has 2 heterocycles. The Kier molecular flexibility index (Phi) is 6.89. The highest BCUT2D eigenvalue weighted by Crippen LogP contribution is 2.35. The number of ether oxygens (including phenoxy) is 1. The van der Waals surface area contributed by atoms with Crippen molar-refractivity contribution in [2.24, 2.45) is 7.05 Å². The van der Waals surface area contributed by atoms with Crippen LogP contribution < -0.4 is 4.74 Å². The van der Waals surface area contributed by atoms with Crippen LogP contribution in [0.25, 0.3) is 11.0 Å². The molecule has 5 rings (SSSR count). The molecule has 0 amide bonds. The van der Waals surface area contributed by atoms with Gasteiger partial charge in [0.25, 0.3) is 0 Å². The molecule has 9 nitrogen and oxygen atoms in total. The van der Waals surface area contributed by atoms with E-state index in [1.165, 1.54) is 10.4 Å². The minimum atomic E-state index is -3.90. The number of sulfonamides is 1. The zero-order chi connectivity index (χ0) is 27.2. The maximum atomic E-state index is 13.6. The molecule has 3 aromatic carbocycles. The summed E-state index contributed by atoms with van der Waals surface area (Å²) in [6.45, 7) is 3.98. The number of aliphatic carboxylic acids is 1. The summed E-state index contributed by atoms with van der Waals surface area (Å²) in [5.74, 6) is -1.12. The number of carboxylic acids is 1. The van der Waals surface area contributed by atoms with E-state index >= 15 is 0 Å². The van der Waals surface area contributed by atoms with Crippen molar-refractivity contribution in [2.45, 2.75) is 43.7 Å². The lowest BCUT2D eigenvalue weighted by atomic mass is 9.86. The fourth-order valence-electron chi connectivity index (χ4n) is 4.85. The summed E-state index contributed by atoms with van der Waals surface area (Å²) >= 11 is 6.12. The molecule has 38 heavy (non-hydrogen) atoms. The molecule has 1 N–H and O–H groups in total. The fraction of sp³-hybridized carbons (Fsp3) is 0.296. The molecule has 0 spiro atoms. The van der Waals surface area contributed by atoms with Crippen LogP contribution in [-0.2, 0) is 28.4 Å². The standard InChI is InChI=1S/C27H27ClN4O5S/c1-16-4-5-18(22(13-27(33)34)19-6-8-24-23(11-19)29-30-31(24)3)10-20(16)15-32-14-17(2)37-25-9-7-21(28)12-26(25)38(32,35)36/h4-12,17,22H,13-15H2,1-3H3,(H,33,34)/t17-,22-/m1/s1. The van der Waals surface area contributed by atoms with E-state index in [0.717, 1.165) is 27.8 Å². The Bertz CT molecular complexity index is 1650. The Morgan fingerprint density at radius 1 is 1.16 bits per heavy atom. The molecule has 2 atom stereocenters. The molecule has 0 saturated heterocycles. The van der Waals surface area contributed by atoms with Crippen LogP contribution in [0.2, 0.25) is 5.02 Å². The number of aromatic nitrogens is 3. The van der Waals surface area contributed by atoms with Crippen molar-refractivity contribution in [2.75, 3.05) is 6.54 Å². The SMILES string of the molecule is Cc1ccc([C@@H](CC(=O)O)c2ccc3c(c2)nnn3C)cc1CN1C[C@@H](C)Oc2ccc(Cl)cc2S1(=O)=O. The number of aryl methyl sites for hydroxylation is 2. The normalized spacial score (nSPS) is 17.9. The lowest BCUT2D eigenvalue weighted by Crippen LogP contribution is -2.35. The second-order valence-corrected chi connectivity index (χ2v) is 12.0. The molecule has 1 aliphatic heterocycles. The number of nitrogens with zero attached hydrogens (tertiary/aromatic N) is 4. The van der Waals surface area contributed by atoms with Crippen molar-refractivity contribution >= 4 is 38.6 Å². The third-order valence-electron chi connectivity index (χ3n) is 6.85. The van der Waals surface area contributed by atoms with Crippen LogP contribution >= 0.6 is 11.6 Å². The molecule has 4 aromatic rings. The van der Waals surface area contributed by atoms with Crippen LogP contribution in [0.4, 0.5) is 0 Å². The summed E-state index contributed by atoms with van der Waals surface area (Å²) in [4.78, 5) is 11.9. The highest BCUT2D eigenvalue weighted by Gasteiger charge is 2.34. The predicted octanol–water partition coefficient (Wildman–Crippen LogP) is 4.51. The number of benzene rings is 3. The summed E-state index contributed by atoms with van der Waals surface area (Å²) in [6.07, 6.45) is -0.512. The van der Waals surface area contributed by atoms with Gasteiger partial charge in [-0.2, -0.15) is 4.31 Å². The topological polar surface area (TPSA) is 115 Å². The molecule has 1 aromatic heterocycles. The van der Waals surface area contributed by atoms with Crippen LogP contribution in [0.1, 0.15) is 41.5 Å². The molecule has 11 heteroatoms. The van der Waals surface area contributed by atoms with Crippen LogP contribution in [0, 0.1) is 6.92 Å². The van der Waals surface area contributed by atoms with Crippen molar-refractivity contribution < 1.29 is 23.1 Å². The average molecular weight is 555 g/mol. The number of halogens is 1. The number of carboxylic acid groups (broad SMARTS) is 1. The Hall–Kier alpha value is -3.47. The molecule has 0 unspecified atom stereocenters. The first-order valence-corrected chi connectivity index (χ1v) is 13.9. The van der Waals surface area contributed by atoms with Crippen molar-refractivity contribution in [1.29, 1.82) is 0 Å². The number of hydrogen-bond acceptors (Lipinski definition) is 6. The van der Waals surface area contributed by atoms with E-state index in [-0.39, 0.29) is 36.3 Å². The minimum Gasteiger partial charge on any atom is -0.488 e. The van der Waals surface area contributed by atoms with Crippen molar-refractivity contribution in [3.8, 4) is 5.75 Å². The van der Waals surface area contributed by atoms with Gasteiger partial charge in [0, 0.05) is 24.5 Å². The first-order valence-electron chi connectivity index (χ1n) is 12.1. The zero-order valence-electron chi connectivity index (χ0n) is 21.1. The quantitative estimate of drug-likeness (QED) is 0.373. The molecule has 1 aliphatic rings. The van der Waals surface area contributed by atoms with Gasteiger partial charge in [-0.1, -0.05) is 41.1 Å². The third-order valence-corrected chi connectivity index (χ3v) is 8.92. The van der Waals surface area contributed by atoms with Gasteiger partial charge in [-0.05, 0) is 66.4 Å². The Morgan fingerprint density at radius 2 is 1.89 bits per heavy atom. The summed E-state index contributed by atoms with van der Waals surface area (Å²) in [6, 6.07) is 15.9. The van der Waals surface area contributed by atoms with E-state index < -0.39 is 21.9 Å². The van der Waals surface area contributed by atoms with Crippen LogP contribution in [0.3, 0.4) is 0 Å². The van der Waals surface area contributed by atoms with Crippen LogP contribution in [0.15, 0.2) is 59.5 Å². The van der Waals surface area contributed by atoms with Gasteiger partial charge in [-0.25, -0.2) is 13.1 Å². The maximum Gasteiger partial charge on any atom is 0.304 e. The first kappa shape index (κ1) is 26.1. The predicted molar refractivity (Wildman–Crippen MR) is 143 cm³/mol. The molecule has 0 saturated carbocycles. The molecule has 0 aliphatic carbocycles. The van der Waals surface area contributed by atoms with Crippen LogP contribution in [-0.4, -0.2) is 51.4 Å². The van der Waals surface area contributed by atoms with E-state index in [1.54, 1.807) is 23.9 Å². The number of rotatable bonds is 6. The summed E-state index contributed by atoms with van der Waals surface area (Å²) in [5.41, 5.74) is 4.76. The zero-order valence-corrected chi connectivity index (χ0v) is 22.7. The van der Waals surface area contributed by atoms with E-state index in [1.807, 2.05) is 50.2 Å². The summed E-state index contributed by atoms with van der Waals surface area (Å²) in [7, 11) is -2.11. The Labute approximate surface area is 225 Å². The fourth-order valence-corrected chi connectivity index (χ4v) is 6.73. The molecule has 0 bridgehead atoms. The van der Waals surface area contributed by atoms with Gasteiger partial charge in [0.2, 0.25) is 10.0 Å². The second-order valence-electron chi connectivity index (χ2n) is 9.61. The van der Waals surface area contributed by atoms with E-state index in [4.69, 9.17) is 16.3 Å². The number of carbonyl (C=O) groups is 1. The molecule has 0 fully saturated rings. The third kappa shape index (κ3) is 4.99. The lowest BCUT2D eigenvalue weighted by molar-refractivity contribution is -0.137. The highest BCUT2D eigenvalue weighted by molar-refractivity contribution is 7.89. The Balaban J connectivity index is 1.53. The highest BCUT2D eigenvalue weighted by atomic mass is 35.5. The minimum absolute atomic E-state index is 0.0317. The number of hydrogen-bond donors (Lipinski definition) is 1. The maximum absolute atomic E-state index is 13.6. The molecule has 0 radical (unpaired) electrons. The Morgan fingerprint density at radius 3 is 2.66 bits per heavy atom. The van der Waals surface area contributed by atoms with Gasteiger partial charge in [0.1, 0.15) is 22.3 Å². The molecular weight excluding hydrogens is 528 g/mol.